The maximum absolute atomic E-state index is 5.18. The molecule has 4 nitrogen and oxygen atoms in total. The number of oxime groups is 1. The molecule has 94 valence electrons. The van der Waals surface area contributed by atoms with Gasteiger partial charge in [-0.15, -0.1) is 0 Å². The van der Waals surface area contributed by atoms with Gasteiger partial charge in [0.05, 0.1) is 17.1 Å². The van der Waals surface area contributed by atoms with Crippen molar-refractivity contribution in [3.05, 3.63) is 59.8 Å². The standard InChI is InChI=1S/C14H11N3OS/c19-11-15-14-8-4-7-13(17-14)10-18-16-9-12-5-2-1-3-6-12/h1-9H,10H2. The van der Waals surface area contributed by atoms with Gasteiger partial charge in [-0.25, -0.2) is 4.98 Å². The Bertz CT molecular complexity index is 607. The lowest BCUT2D eigenvalue weighted by Gasteiger charge is -1.99. The molecule has 1 aromatic carbocycles. The molecule has 2 aromatic rings. The Balaban J connectivity index is 1.90. The molecule has 1 aromatic heterocycles. The molecule has 1 heterocycles. The minimum atomic E-state index is 0.282. The molecule has 0 spiro atoms. The number of pyridine rings is 1. The van der Waals surface area contributed by atoms with Crippen molar-refractivity contribution in [2.45, 2.75) is 6.61 Å². The first-order valence-electron chi connectivity index (χ1n) is 5.62. The number of isothiocyanates is 1. The summed E-state index contributed by atoms with van der Waals surface area (Å²) in [6, 6.07) is 15.1. The van der Waals surface area contributed by atoms with Gasteiger partial charge in [-0.2, -0.15) is 4.99 Å². The lowest BCUT2D eigenvalue weighted by Crippen LogP contribution is -1.91. The van der Waals surface area contributed by atoms with Gasteiger partial charge in [-0.1, -0.05) is 41.6 Å². The Hall–Kier alpha value is -2.36. The van der Waals surface area contributed by atoms with Crippen LogP contribution < -0.4 is 0 Å². The van der Waals surface area contributed by atoms with Crippen molar-refractivity contribution in [1.82, 2.24) is 4.98 Å². The van der Waals surface area contributed by atoms with Gasteiger partial charge < -0.3 is 4.84 Å². The molecule has 0 atom stereocenters. The summed E-state index contributed by atoms with van der Waals surface area (Å²) in [4.78, 5) is 13.2. The van der Waals surface area contributed by atoms with E-state index in [-0.39, 0.29) is 6.61 Å². The van der Waals surface area contributed by atoms with Crippen LogP contribution >= 0.6 is 12.2 Å². The highest BCUT2D eigenvalue weighted by molar-refractivity contribution is 7.78. The quantitative estimate of drug-likeness (QED) is 0.475. The fourth-order valence-corrected chi connectivity index (χ4v) is 1.49. The Morgan fingerprint density at radius 2 is 2.00 bits per heavy atom. The van der Waals surface area contributed by atoms with Crippen molar-refractivity contribution in [2.24, 2.45) is 10.1 Å². The van der Waals surface area contributed by atoms with E-state index in [9.17, 15) is 0 Å². The molecule has 0 unspecified atom stereocenters. The Morgan fingerprint density at radius 1 is 1.16 bits per heavy atom. The van der Waals surface area contributed by atoms with Crippen LogP contribution in [0.15, 0.2) is 58.7 Å². The molecule has 0 saturated carbocycles. The van der Waals surface area contributed by atoms with Crippen LogP contribution in [0.4, 0.5) is 5.82 Å². The highest BCUT2D eigenvalue weighted by Crippen LogP contribution is 2.08. The Labute approximate surface area is 116 Å². The molecule has 0 aliphatic carbocycles. The molecule has 19 heavy (non-hydrogen) atoms. The molecular formula is C14H11N3OS. The van der Waals surface area contributed by atoms with Crippen LogP contribution in [0.3, 0.4) is 0 Å². The lowest BCUT2D eigenvalue weighted by atomic mass is 10.2. The second kappa shape index (κ2) is 7.16. The van der Waals surface area contributed by atoms with Crippen LogP contribution in [0.2, 0.25) is 0 Å². The summed E-state index contributed by atoms with van der Waals surface area (Å²) in [5.41, 5.74) is 1.71. The van der Waals surface area contributed by atoms with E-state index >= 15 is 0 Å². The summed E-state index contributed by atoms with van der Waals surface area (Å²) in [7, 11) is 0. The highest BCUT2D eigenvalue weighted by Gasteiger charge is 1.96. The van der Waals surface area contributed by atoms with Gasteiger partial charge in [0.15, 0.2) is 12.4 Å². The first-order chi connectivity index (χ1) is 9.38. The molecule has 0 bridgehead atoms. The normalized spacial score (nSPS) is 10.1. The van der Waals surface area contributed by atoms with Crippen molar-refractivity contribution < 1.29 is 4.84 Å². The van der Waals surface area contributed by atoms with Gasteiger partial charge in [-0.05, 0) is 29.9 Å². The van der Waals surface area contributed by atoms with Crippen LogP contribution in [0.5, 0.6) is 0 Å². The smallest absolute Gasteiger partial charge is 0.162 e. The van der Waals surface area contributed by atoms with Crippen molar-refractivity contribution >= 4 is 29.4 Å². The first-order valence-corrected chi connectivity index (χ1v) is 6.03. The van der Waals surface area contributed by atoms with E-state index in [0.717, 1.165) is 11.3 Å². The third-order valence-corrected chi connectivity index (χ3v) is 2.33. The van der Waals surface area contributed by atoms with E-state index < -0.39 is 0 Å². The van der Waals surface area contributed by atoms with Gasteiger partial charge in [0, 0.05) is 0 Å². The fraction of sp³-hybridized carbons (Fsp3) is 0.0714. The predicted molar refractivity (Wildman–Crippen MR) is 77.7 cm³/mol. The second-order valence-electron chi connectivity index (χ2n) is 3.61. The Morgan fingerprint density at radius 3 is 2.79 bits per heavy atom. The average molecular weight is 269 g/mol. The molecule has 0 amide bonds. The van der Waals surface area contributed by atoms with E-state index in [1.807, 2.05) is 42.5 Å². The predicted octanol–water partition coefficient (Wildman–Crippen LogP) is 3.37. The van der Waals surface area contributed by atoms with Gasteiger partial charge in [0.2, 0.25) is 0 Å². The molecule has 0 saturated heterocycles. The summed E-state index contributed by atoms with van der Waals surface area (Å²) in [6.07, 6.45) is 1.65. The summed E-state index contributed by atoms with van der Waals surface area (Å²) < 4.78 is 0. The number of rotatable bonds is 5. The van der Waals surface area contributed by atoms with Gasteiger partial charge in [0.1, 0.15) is 0 Å². The molecule has 2 rings (SSSR count). The lowest BCUT2D eigenvalue weighted by molar-refractivity contribution is 0.129. The van der Waals surface area contributed by atoms with E-state index in [0.29, 0.717) is 5.82 Å². The number of aliphatic imine (C=N–C) groups is 1. The van der Waals surface area contributed by atoms with Crippen LogP contribution in [-0.2, 0) is 11.4 Å². The molecule has 0 fully saturated rings. The summed E-state index contributed by atoms with van der Waals surface area (Å²) in [5.74, 6) is 0.517. The zero-order valence-corrected chi connectivity index (χ0v) is 10.9. The number of benzene rings is 1. The maximum atomic E-state index is 5.18. The molecule has 5 heteroatoms. The molecule has 0 radical (unpaired) electrons. The third-order valence-electron chi connectivity index (χ3n) is 2.24. The van der Waals surface area contributed by atoms with Crippen LogP contribution in [0.1, 0.15) is 11.3 Å². The van der Waals surface area contributed by atoms with Gasteiger partial charge >= 0.3 is 0 Å². The Kier molecular flexibility index (Phi) is 4.93. The zero-order valence-electron chi connectivity index (χ0n) is 10.1. The van der Waals surface area contributed by atoms with E-state index in [1.54, 1.807) is 12.3 Å². The summed E-state index contributed by atoms with van der Waals surface area (Å²) >= 11 is 4.53. The molecular weight excluding hydrogens is 258 g/mol. The van der Waals surface area contributed by atoms with Crippen molar-refractivity contribution in [2.75, 3.05) is 0 Å². The summed E-state index contributed by atoms with van der Waals surface area (Å²) in [6.45, 7) is 0.282. The topological polar surface area (TPSA) is 46.8 Å². The van der Waals surface area contributed by atoms with Crippen LogP contribution in [0.25, 0.3) is 0 Å². The van der Waals surface area contributed by atoms with E-state index in [4.69, 9.17) is 4.84 Å². The van der Waals surface area contributed by atoms with Crippen molar-refractivity contribution in [3.8, 4) is 0 Å². The minimum Gasteiger partial charge on any atom is -0.389 e. The number of nitrogens with zero attached hydrogens (tertiary/aromatic N) is 3. The van der Waals surface area contributed by atoms with Crippen LogP contribution in [-0.4, -0.2) is 16.4 Å². The molecule has 0 aliphatic rings. The van der Waals surface area contributed by atoms with Gasteiger partial charge in [0.25, 0.3) is 0 Å². The molecule has 0 aliphatic heterocycles. The highest BCUT2D eigenvalue weighted by atomic mass is 32.1. The van der Waals surface area contributed by atoms with E-state index in [1.165, 1.54) is 0 Å². The fourth-order valence-electron chi connectivity index (χ4n) is 1.40. The zero-order chi connectivity index (χ0) is 13.3. The van der Waals surface area contributed by atoms with Crippen molar-refractivity contribution in [1.29, 1.82) is 0 Å². The first kappa shape index (κ1) is 13.1. The van der Waals surface area contributed by atoms with Gasteiger partial charge in [-0.3, -0.25) is 0 Å². The second-order valence-corrected chi connectivity index (χ2v) is 3.79. The maximum Gasteiger partial charge on any atom is 0.162 e. The van der Waals surface area contributed by atoms with Crippen molar-refractivity contribution in [3.63, 3.8) is 0 Å². The third kappa shape index (κ3) is 4.43. The number of hydrogen-bond acceptors (Lipinski definition) is 5. The largest absolute Gasteiger partial charge is 0.389 e. The average Bonchev–Trinajstić information content (AvgIpc) is 2.46. The molecule has 0 N–H and O–H groups in total. The SMILES string of the molecule is S=C=Nc1cccc(CON=Cc2ccccc2)n1. The minimum absolute atomic E-state index is 0.282. The number of aromatic nitrogens is 1. The number of hydrogen-bond donors (Lipinski definition) is 0. The van der Waals surface area contributed by atoms with Crippen LogP contribution in [0, 0.1) is 0 Å². The monoisotopic (exact) mass is 269 g/mol. The number of thiocarbonyl (C=S) groups is 1. The van der Waals surface area contributed by atoms with E-state index in [2.05, 4.69) is 32.5 Å². The summed E-state index contributed by atoms with van der Waals surface area (Å²) in [5, 5.41) is 6.16.